The van der Waals surface area contributed by atoms with Crippen molar-refractivity contribution in [3.8, 4) is 0 Å². The lowest BCUT2D eigenvalue weighted by molar-refractivity contribution is 0.123. The maximum absolute atomic E-state index is 5.45. The number of hydrogen-bond acceptors (Lipinski definition) is 3. The Hall–Kier alpha value is 0.270. The Labute approximate surface area is 94.4 Å². The summed E-state index contributed by atoms with van der Waals surface area (Å²) in [6.07, 6.45) is 2.20. The highest BCUT2D eigenvalue weighted by Crippen LogP contribution is 1.97. The average molecular weight is 219 g/mol. The van der Waals surface area contributed by atoms with Crippen LogP contribution in [0.2, 0.25) is 0 Å². The zero-order valence-electron chi connectivity index (χ0n) is 9.83. The maximum atomic E-state index is 5.45. The lowest BCUT2D eigenvalue weighted by Crippen LogP contribution is -2.25. The Morgan fingerprint density at radius 3 is 2.43 bits per heavy atom. The van der Waals surface area contributed by atoms with E-state index in [9.17, 15) is 0 Å². The first-order chi connectivity index (χ1) is 6.66. The second kappa shape index (κ2) is 9.81. The summed E-state index contributed by atoms with van der Waals surface area (Å²) in [6.45, 7) is 8.56. The lowest BCUT2D eigenvalue weighted by atomic mass is 10.2. The van der Waals surface area contributed by atoms with Crippen molar-refractivity contribution >= 4 is 12.6 Å². The molecule has 0 aliphatic carbocycles. The van der Waals surface area contributed by atoms with Crippen molar-refractivity contribution in [2.24, 2.45) is 5.92 Å². The summed E-state index contributed by atoms with van der Waals surface area (Å²) in [5.74, 6) is 1.68. The third-order valence-corrected chi connectivity index (χ3v) is 2.27. The molecule has 0 saturated heterocycles. The molecule has 3 heteroatoms. The molecule has 0 rings (SSSR count). The van der Waals surface area contributed by atoms with Crippen LogP contribution in [0.4, 0.5) is 0 Å². The topological polar surface area (TPSA) is 12.5 Å². The highest BCUT2D eigenvalue weighted by atomic mass is 32.1. The van der Waals surface area contributed by atoms with Gasteiger partial charge in [0, 0.05) is 26.3 Å². The fourth-order valence-electron chi connectivity index (χ4n) is 1.42. The summed E-state index contributed by atoms with van der Waals surface area (Å²) in [7, 11) is 2.17. The fraction of sp³-hybridized carbons (Fsp3) is 1.00. The third kappa shape index (κ3) is 10.4. The Morgan fingerprint density at radius 1 is 1.21 bits per heavy atom. The van der Waals surface area contributed by atoms with Gasteiger partial charge in [-0.2, -0.15) is 12.6 Å². The summed E-state index contributed by atoms with van der Waals surface area (Å²) >= 11 is 4.13. The molecule has 2 nitrogen and oxygen atoms in total. The number of thiol groups is 1. The molecule has 0 fully saturated rings. The largest absolute Gasteiger partial charge is 0.381 e. The number of nitrogens with zero attached hydrogens (tertiary/aromatic N) is 1. The van der Waals surface area contributed by atoms with E-state index in [0.717, 1.165) is 44.3 Å². The van der Waals surface area contributed by atoms with Crippen molar-refractivity contribution in [2.45, 2.75) is 26.7 Å². The van der Waals surface area contributed by atoms with Crippen molar-refractivity contribution in [1.29, 1.82) is 0 Å². The monoisotopic (exact) mass is 219 g/mol. The van der Waals surface area contributed by atoms with E-state index in [1.54, 1.807) is 0 Å². The van der Waals surface area contributed by atoms with Crippen molar-refractivity contribution < 1.29 is 4.74 Å². The van der Waals surface area contributed by atoms with E-state index in [4.69, 9.17) is 4.74 Å². The molecule has 0 amide bonds. The van der Waals surface area contributed by atoms with Gasteiger partial charge in [-0.1, -0.05) is 13.8 Å². The van der Waals surface area contributed by atoms with E-state index in [2.05, 4.69) is 38.4 Å². The van der Waals surface area contributed by atoms with E-state index >= 15 is 0 Å². The van der Waals surface area contributed by atoms with Crippen LogP contribution in [-0.4, -0.2) is 44.0 Å². The summed E-state index contributed by atoms with van der Waals surface area (Å²) in [4.78, 5) is 2.37. The predicted octanol–water partition coefficient (Wildman–Crippen LogP) is 2.30. The number of hydrogen-bond donors (Lipinski definition) is 1. The summed E-state index contributed by atoms with van der Waals surface area (Å²) in [5, 5.41) is 0. The predicted molar refractivity (Wildman–Crippen MR) is 66.2 cm³/mol. The number of ether oxygens (including phenoxy) is 1. The van der Waals surface area contributed by atoms with Crippen LogP contribution in [0.25, 0.3) is 0 Å². The summed E-state index contributed by atoms with van der Waals surface area (Å²) < 4.78 is 5.45. The molecule has 0 heterocycles. The van der Waals surface area contributed by atoms with Crippen LogP contribution in [-0.2, 0) is 4.74 Å². The minimum Gasteiger partial charge on any atom is -0.381 e. The van der Waals surface area contributed by atoms with Gasteiger partial charge < -0.3 is 9.64 Å². The molecule has 0 N–H and O–H groups in total. The molecule has 0 bridgehead atoms. The molecule has 0 aromatic carbocycles. The molecule has 14 heavy (non-hydrogen) atoms. The van der Waals surface area contributed by atoms with Crippen LogP contribution in [0.15, 0.2) is 0 Å². The van der Waals surface area contributed by atoms with Gasteiger partial charge in [0.2, 0.25) is 0 Å². The van der Waals surface area contributed by atoms with Gasteiger partial charge in [-0.25, -0.2) is 0 Å². The van der Waals surface area contributed by atoms with Crippen LogP contribution < -0.4 is 0 Å². The molecule has 0 spiro atoms. The molecular weight excluding hydrogens is 194 g/mol. The van der Waals surface area contributed by atoms with Gasteiger partial charge in [0.1, 0.15) is 0 Å². The van der Waals surface area contributed by atoms with Gasteiger partial charge in [-0.3, -0.25) is 0 Å². The maximum Gasteiger partial charge on any atom is 0.0478 e. The lowest BCUT2D eigenvalue weighted by Gasteiger charge is -2.18. The van der Waals surface area contributed by atoms with Crippen LogP contribution in [0.1, 0.15) is 26.7 Å². The van der Waals surface area contributed by atoms with Gasteiger partial charge >= 0.3 is 0 Å². The first-order valence-corrected chi connectivity index (χ1v) is 6.17. The zero-order valence-corrected chi connectivity index (χ0v) is 10.7. The van der Waals surface area contributed by atoms with Crippen molar-refractivity contribution in [2.75, 3.05) is 39.1 Å². The second-order valence-electron chi connectivity index (χ2n) is 4.20. The van der Waals surface area contributed by atoms with Gasteiger partial charge in [-0.05, 0) is 31.6 Å². The highest BCUT2D eigenvalue weighted by Gasteiger charge is 2.00. The van der Waals surface area contributed by atoms with Crippen LogP contribution in [0.5, 0.6) is 0 Å². The second-order valence-corrected chi connectivity index (χ2v) is 4.65. The van der Waals surface area contributed by atoms with Crippen molar-refractivity contribution in [1.82, 2.24) is 4.90 Å². The standard InChI is InChI=1S/C11H25NOS/c1-11(2)10-12(3)6-4-7-13-8-5-9-14/h11,14H,4-10H2,1-3H3. The van der Waals surface area contributed by atoms with E-state index < -0.39 is 0 Å². The highest BCUT2D eigenvalue weighted by molar-refractivity contribution is 7.80. The quantitative estimate of drug-likeness (QED) is 0.472. The summed E-state index contributed by atoms with van der Waals surface area (Å²) in [5.41, 5.74) is 0. The van der Waals surface area contributed by atoms with E-state index in [1.165, 1.54) is 6.54 Å². The first-order valence-electron chi connectivity index (χ1n) is 5.54. The molecule has 0 atom stereocenters. The van der Waals surface area contributed by atoms with E-state index in [0.29, 0.717) is 0 Å². The molecule has 0 unspecified atom stereocenters. The molecule has 0 aliphatic rings. The molecule has 0 aromatic heterocycles. The third-order valence-electron chi connectivity index (χ3n) is 1.95. The average Bonchev–Trinajstić information content (AvgIpc) is 2.10. The van der Waals surface area contributed by atoms with Gasteiger partial charge in [0.25, 0.3) is 0 Å². The van der Waals surface area contributed by atoms with Crippen LogP contribution in [0, 0.1) is 5.92 Å². The molecule has 0 aromatic rings. The van der Waals surface area contributed by atoms with Crippen molar-refractivity contribution in [3.05, 3.63) is 0 Å². The van der Waals surface area contributed by atoms with Crippen LogP contribution >= 0.6 is 12.6 Å². The zero-order chi connectivity index (χ0) is 10.8. The molecule has 0 aliphatic heterocycles. The summed E-state index contributed by atoms with van der Waals surface area (Å²) in [6, 6.07) is 0. The molecule has 86 valence electrons. The smallest absolute Gasteiger partial charge is 0.0478 e. The van der Waals surface area contributed by atoms with Gasteiger partial charge in [0.15, 0.2) is 0 Å². The van der Waals surface area contributed by atoms with E-state index in [1.807, 2.05) is 0 Å². The van der Waals surface area contributed by atoms with Gasteiger partial charge in [-0.15, -0.1) is 0 Å². The minimum absolute atomic E-state index is 0.755. The Bertz CT molecular complexity index is 120. The first kappa shape index (κ1) is 14.3. The number of rotatable bonds is 9. The van der Waals surface area contributed by atoms with Gasteiger partial charge in [0.05, 0.1) is 0 Å². The van der Waals surface area contributed by atoms with Crippen LogP contribution in [0.3, 0.4) is 0 Å². The molecule has 0 radical (unpaired) electrons. The Morgan fingerprint density at radius 2 is 1.86 bits per heavy atom. The normalized spacial score (nSPS) is 11.6. The van der Waals surface area contributed by atoms with Crippen molar-refractivity contribution in [3.63, 3.8) is 0 Å². The molecular formula is C11H25NOS. The SMILES string of the molecule is CC(C)CN(C)CCCOCCCS. The fourth-order valence-corrected chi connectivity index (χ4v) is 1.55. The van der Waals surface area contributed by atoms with E-state index in [-0.39, 0.29) is 0 Å². The minimum atomic E-state index is 0.755. The molecule has 0 saturated carbocycles. The Balaban J connectivity index is 3.10. The Kier molecular flexibility index (Phi) is 10.0.